The molecule has 31 heavy (non-hydrogen) atoms. The minimum atomic E-state index is -0.116. The number of hydrogen-bond donors (Lipinski definition) is 1. The lowest BCUT2D eigenvalue weighted by Crippen LogP contribution is -2.40. The van der Waals surface area contributed by atoms with E-state index in [1.54, 1.807) is 29.2 Å². The van der Waals surface area contributed by atoms with Crippen LogP contribution in [0.5, 0.6) is 17.2 Å². The highest BCUT2D eigenvalue weighted by molar-refractivity contribution is 5.94. The van der Waals surface area contributed by atoms with Crippen molar-refractivity contribution in [1.29, 1.82) is 0 Å². The molecule has 0 aromatic heterocycles. The molecule has 1 fully saturated rings. The molecule has 1 N–H and O–H groups in total. The van der Waals surface area contributed by atoms with Crippen LogP contribution in [0.25, 0.3) is 6.08 Å². The SMILES string of the molecule is O=C(Nc1ccc2c(c1)OCO2)C1CCN(C(=O)C=Cc2ccc3c(c2)CCO3)CC1. The smallest absolute Gasteiger partial charge is 0.246 e. The average molecular weight is 420 g/mol. The number of fused-ring (bicyclic) bond motifs is 2. The number of hydrogen-bond acceptors (Lipinski definition) is 5. The van der Waals surface area contributed by atoms with Crippen molar-refractivity contribution in [2.45, 2.75) is 19.3 Å². The van der Waals surface area contributed by atoms with Gasteiger partial charge < -0.3 is 24.4 Å². The molecule has 0 saturated carbocycles. The Morgan fingerprint density at radius 2 is 1.77 bits per heavy atom. The van der Waals surface area contributed by atoms with E-state index in [1.165, 1.54) is 5.56 Å². The molecule has 7 heteroatoms. The van der Waals surface area contributed by atoms with E-state index in [2.05, 4.69) is 11.4 Å². The first-order valence-corrected chi connectivity index (χ1v) is 10.6. The van der Waals surface area contributed by atoms with Crippen molar-refractivity contribution >= 4 is 23.6 Å². The molecule has 0 radical (unpaired) electrons. The van der Waals surface area contributed by atoms with Gasteiger partial charge >= 0.3 is 0 Å². The van der Waals surface area contributed by atoms with E-state index in [0.717, 1.165) is 24.3 Å². The second-order valence-corrected chi connectivity index (χ2v) is 7.96. The molecule has 0 atom stereocenters. The summed E-state index contributed by atoms with van der Waals surface area (Å²) in [5, 5.41) is 2.95. The van der Waals surface area contributed by atoms with Crippen molar-refractivity contribution in [1.82, 2.24) is 4.90 Å². The van der Waals surface area contributed by atoms with Gasteiger partial charge in [-0.15, -0.1) is 0 Å². The second kappa shape index (κ2) is 8.34. The van der Waals surface area contributed by atoms with E-state index in [-0.39, 0.29) is 24.5 Å². The number of carbonyl (C=O) groups excluding carboxylic acids is 2. The van der Waals surface area contributed by atoms with Gasteiger partial charge in [-0.2, -0.15) is 0 Å². The van der Waals surface area contributed by atoms with Gasteiger partial charge in [0, 0.05) is 43.3 Å². The third-order valence-electron chi connectivity index (χ3n) is 5.95. The first-order chi connectivity index (χ1) is 15.2. The van der Waals surface area contributed by atoms with Crippen molar-refractivity contribution in [3.8, 4) is 17.2 Å². The first kappa shape index (κ1) is 19.5. The number of amides is 2. The Labute approximate surface area is 180 Å². The molecule has 2 amide bonds. The van der Waals surface area contributed by atoms with Crippen LogP contribution < -0.4 is 19.5 Å². The highest BCUT2D eigenvalue weighted by atomic mass is 16.7. The second-order valence-electron chi connectivity index (χ2n) is 7.96. The third-order valence-corrected chi connectivity index (χ3v) is 5.95. The lowest BCUT2D eigenvalue weighted by atomic mass is 9.95. The lowest BCUT2D eigenvalue weighted by Gasteiger charge is -2.30. The Morgan fingerprint density at radius 1 is 0.968 bits per heavy atom. The number of rotatable bonds is 4. The fraction of sp³-hybridized carbons (Fsp3) is 0.333. The predicted octanol–water partition coefficient (Wildman–Crippen LogP) is 3.24. The van der Waals surface area contributed by atoms with Crippen molar-refractivity contribution in [2.24, 2.45) is 5.92 Å². The summed E-state index contributed by atoms with van der Waals surface area (Å²) in [5.41, 5.74) is 2.87. The molecule has 0 unspecified atom stereocenters. The maximum Gasteiger partial charge on any atom is 0.246 e. The summed E-state index contributed by atoms with van der Waals surface area (Å²) in [6, 6.07) is 11.4. The van der Waals surface area contributed by atoms with Crippen molar-refractivity contribution < 1.29 is 23.8 Å². The Morgan fingerprint density at radius 3 is 2.65 bits per heavy atom. The summed E-state index contributed by atoms with van der Waals surface area (Å²) in [7, 11) is 0. The maximum absolute atomic E-state index is 12.6. The Balaban J connectivity index is 1.13. The molecule has 2 aromatic rings. The Bertz CT molecular complexity index is 1040. The van der Waals surface area contributed by atoms with E-state index < -0.39 is 0 Å². The fourth-order valence-electron chi connectivity index (χ4n) is 4.16. The monoisotopic (exact) mass is 420 g/mol. The molecule has 3 aliphatic rings. The van der Waals surface area contributed by atoms with E-state index in [4.69, 9.17) is 14.2 Å². The molecule has 7 nitrogen and oxygen atoms in total. The molecule has 0 bridgehead atoms. The zero-order valence-electron chi connectivity index (χ0n) is 17.1. The summed E-state index contributed by atoms with van der Waals surface area (Å²) in [6.07, 6.45) is 5.66. The van der Waals surface area contributed by atoms with E-state index in [0.29, 0.717) is 43.1 Å². The summed E-state index contributed by atoms with van der Waals surface area (Å²) in [4.78, 5) is 27.0. The quantitative estimate of drug-likeness (QED) is 0.769. The molecular weight excluding hydrogens is 396 g/mol. The largest absolute Gasteiger partial charge is 0.493 e. The van der Waals surface area contributed by atoms with Gasteiger partial charge in [0.2, 0.25) is 18.6 Å². The highest BCUT2D eigenvalue weighted by Crippen LogP contribution is 2.34. The molecule has 0 aliphatic carbocycles. The zero-order chi connectivity index (χ0) is 21.2. The van der Waals surface area contributed by atoms with Gasteiger partial charge in [-0.3, -0.25) is 9.59 Å². The average Bonchev–Trinajstić information content (AvgIpc) is 3.46. The fourth-order valence-corrected chi connectivity index (χ4v) is 4.16. The van der Waals surface area contributed by atoms with Crippen LogP contribution in [-0.2, 0) is 16.0 Å². The van der Waals surface area contributed by atoms with Gasteiger partial charge in [-0.05, 0) is 54.3 Å². The topological polar surface area (TPSA) is 77.1 Å². The van der Waals surface area contributed by atoms with Crippen LogP contribution in [0.2, 0.25) is 0 Å². The van der Waals surface area contributed by atoms with Crippen molar-refractivity contribution in [3.63, 3.8) is 0 Å². The van der Waals surface area contributed by atoms with Gasteiger partial charge in [-0.25, -0.2) is 0 Å². The number of nitrogens with zero attached hydrogens (tertiary/aromatic N) is 1. The Kier molecular flexibility index (Phi) is 5.24. The molecule has 3 heterocycles. The molecule has 2 aromatic carbocycles. The number of carbonyl (C=O) groups is 2. The maximum atomic E-state index is 12.6. The molecule has 1 saturated heterocycles. The van der Waals surface area contributed by atoms with Crippen LogP contribution in [0.1, 0.15) is 24.0 Å². The van der Waals surface area contributed by atoms with Crippen LogP contribution in [0.4, 0.5) is 5.69 Å². The van der Waals surface area contributed by atoms with Gasteiger partial charge in [-0.1, -0.05) is 6.07 Å². The predicted molar refractivity (Wildman–Crippen MR) is 115 cm³/mol. The van der Waals surface area contributed by atoms with E-state index in [1.807, 2.05) is 18.2 Å². The first-order valence-electron chi connectivity index (χ1n) is 10.6. The van der Waals surface area contributed by atoms with Crippen LogP contribution in [0.3, 0.4) is 0 Å². The number of nitrogens with one attached hydrogen (secondary N) is 1. The molecular formula is C24H24N2O5. The molecule has 0 spiro atoms. The van der Waals surface area contributed by atoms with Gasteiger partial charge in [0.25, 0.3) is 0 Å². The summed E-state index contributed by atoms with van der Waals surface area (Å²) >= 11 is 0. The van der Waals surface area contributed by atoms with Crippen LogP contribution >= 0.6 is 0 Å². The highest BCUT2D eigenvalue weighted by Gasteiger charge is 2.27. The number of piperidine rings is 1. The summed E-state index contributed by atoms with van der Waals surface area (Å²) in [5.74, 6) is 2.10. The summed E-state index contributed by atoms with van der Waals surface area (Å²) in [6.45, 7) is 2.06. The van der Waals surface area contributed by atoms with Crippen molar-refractivity contribution in [3.05, 3.63) is 53.6 Å². The Hall–Kier alpha value is -3.48. The van der Waals surface area contributed by atoms with E-state index >= 15 is 0 Å². The van der Waals surface area contributed by atoms with Gasteiger partial charge in [0.1, 0.15) is 5.75 Å². The molecule has 160 valence electrons. The minimum absolute atomic E-state index is 0.0219. The van der Waals surface area contributed by atoms with Crippen molar-refractivity contribution in [2.75, 3.05) is 31.8 Å². The zero-order valence-corrected chi connectivity index (χ0v) is 17.1. The van der Waals surface area contributed by atoms with Crippen LogP contribution in [0, 0.1) is 5.92 Å². The van der Waals surface area contributed by atoms with Crippen LogP contribution in [-0.4, -0.2) is 43.2 Å². The van der Waals surface area contributed by atoms with Gasteiger partial charge in [0.15, 0.2) is 11.5 Å². The normalized spacial score (nSPS) is 17.5. The van der Waals surface area contributed by atoms with E-state index in [9.17, 15) is 9.59 Å². The summed E-state index contributed by atoms with van der Waals surface area (Å²) < 4.78 is 16.2. The lowest BCUT2D eigenvalue weighted by molar-refractivity contribution is -0.130. The number of ether oxygens (including phenoxy) is 3. The van der Waals surface area contributed by atoms with Crippen LogP contribution in [0.15, 0.2) is 42.5 Å². The third kappa shape index (κ3) is 4.21. The number of likely N-dealkylation sites (tertiary alicyclic amines) is 1. The minimum Gasteiger partial charge on any atom is -0.493 e. The number of anilines is 1. The standard InChI is InChI=1S/C24H24N2O5/c27-23(6-2-16-1-4-20-18(13-16)9-12-29-20)26-10-7-17(8-11-26)24(28)25-19-3-5-21-22(14-19)31-15-30-21/h1-6,13-14,17H,7-12,15H2,(H,25,28). The van der Waals surface area contributed by atoms with Gasteiger partial charge in [0.05, 0.1) is 6.61 Å². The molecule has 5 rings (SSSR count). The number of benzene rings is 2. The molecule has 3 aliphatic heterocycles.